The van der Waals surface area contributed by atoms with Gasteiger partial charge in [-0.15, -0.1) is 10.2 Å². The molecule has 1 aromatic carbocycles. The number of thioether (sulfide) groups is 1. The van der Waals surface area contributed by atoms with Gasteiger partial charge in [-0.05, 0) is 36.6 Å². The average Bonchev–Trinajstić information content (AvgIpc) is 3.01. The minimum Gasteiger partial charge on any atom is -0.325 e. The second-order valence-electron chi connectivity index (χ2n) is 6.84. The van der Waals surface area contributed by atoms with Gasteiger partial charge in [-0.1, -0.05) is 59.8 Å². The van der Waals surface area contributed by atoms with Gasteiger partial charge in [0.1, 0.15) is 5.82 Å². The molecule has 1 amide bonds. The first-order valence-corrected chi connectivity index (χ1v) is 11.0. The lowest BCUT2D eigenvalue weighted by Crippen LogP contribution is -2.14. The first-order valence-electron chi connectivity index (χ1n) is 9.18. The number of halogens is 1. The molecule has 0 saturated heterocycles. The van der Waals surface area contributed by atoms with Crippen LogP contribution in [-0.2, 0) is 18.3 Å². The lowest BCUT2D eigenvalue weighted by atomic mass is 9.86. The number of carbonyl (C=O) groups excluding carboxylic acids is 1. The molecule has 1 heterocycles. The predicted molar refractivity (Wildman–Crippen MR) is 109 cm³/mol. The molecule has 0 bridgehead atoms. The SMILES string of the molecule is Cn1c(CCC2CCCCC2)nnc1SCC(=O)Nc1ccc(Br)cc1. The number of benzene rings is 1. The maximum Gasteiger partial charge on any atom is 0.234 e. The molecule has 0 atom stereocenters. The van der Waals surface area contributed by atoms with Crippen LogP contribution in [0.3, 0.4) is 0 Å². The molecule has 0 radical (unpaired) electrons. The number of hydrogen-bond donors (Lipinski definition) is 1. The standard InChI is InChI=1S/C19H25BrN4OS/c1-24-17(12-7-14-5-3-2-4-6-14)22-23-19(24)26-13-18(25)21-16-10-8-15(20)9-11-16/h8-11,14H,2-7,12-13H2,1H3,(H,21,25). The molecule has 7 heteroatoms. The second kappa shape index (κ2) is 9.55. The van der Waals surface area contributed by atoms with Crippen molar-refractivity contribution in [3.05, 3.63) is 34.6 Å². The van der Waals surface area contributed by atoms with E-state index in [-0.39, 0.29) is 5.91 Å². The van der Waals surface area contributed by atoms with Crippen LogP contribution >= 0.6 is 27.7 Å². The fourth-order valence-corrected chi connectivity index (χ4v) is 4.35. The van der Waals surface area contributed by atoms with E-state index in [0.717, 1.165) is 33.5 Å². The molecule has 1 aromatic heterocycles. The number of anilines is 1. The molecule has 0 aliphatic heterocycles. The lowest BCUT2D eigenvalue weighted by molar-refractivity contribution is -0.113. The van der Waals surface area contributed by atoms with Gasteiger partial charge >= 0.3 is 0 Å². The summed E-state index contributed by atoms with van der Waals surface area (Å²) in [5, 5.41) is 12.3. The van der Waals surface area contributed by atoms with Crippen LogP contribution in [0.2, 0.25) is 0 Å². The summed E-state index contributed by atoms with van der Waals surface area (Å²) in [4.78, 5) is 12.1. The Morgan fingerprint density at radius 1 is 1.23 bits per heavy atom. The van der Waals surface area contributed by atoms with Crippen LogP contribution < -0.4 is 5.32 Å². The van der Waals surface area contributed by atoms with Crippen molar-refractivity contribution in [2.45, 2.75) is 50.1 Å². The Labute approximate surface area is 167 Å². The van der Waals surface area contributed by atoms with Crippen molar-refractivity contribution in [3.63, 3.8) is 0 Å². The number of rotatable bonds is 7. The number of hydrogen-bond acceptors (Lipinski definition) is 4. The van der Waals surface area contributed by atoms with E-state index in [4.69, 9.17) is 0 Å². The van der Waals surface area contributed by atoms with Gasteiger partial charge in [0, 0.05) is 23.6 Å². The molecule has 0 spiro atoms. The second-order valence-corrected chi connectivity index (χ2v) is 8.70. The maximum absolute atomic E-state index is 12.1. The maximum atomic E-state index is 12.1. The average molecular weight is 437 g/mol. The van der Waals surface area contributed by atoms with Crippen LogP contribution in [0.5, 0.6) is 0 Å². The molecule has 1 N–H and O–H groups in total. The fraction of sp³-hybridized carbons (Fsp3) is 0.526. The zero-order chi connectivity index (χ0) is 18.4. The van der Waals surface area contributed by atoms with Crippen molar-refractivity contribution in [1.82, 2.24) is 14.8 Å². The predicted octanol–water partition coefficient (Wildman–Crippen LogP) is 4.82. The zero-order valence-corrected chi connectivity index (χ0v) is 17.5. The van der Waals surface area contributed by atoms with Gasteiger partial charge in [0.25, 0.3) is 0 Å². The number of carbonyl (C=O) groups is 1. The van der Waals surface area contributed by atoms with Crippen molar-refractivity contribution in [1.29, 1.82) is 0 Å². The highest BCUT2D eigenvalue weighted by Gasteiger charge is 2.16. The van der Waals surface area contributed by atoms with Gasteiger partial charge in [-0.2, -0.15) is 0 Å². The van der Waals surface area contributed by atoms with Gasteiger partial charge in [0.15, 0.2) is 5.16 Å². The third-order valence-electron chi connectivity index (χ3n) is 4.89. The van der Waals surface area contributed by atoms with E-state index in [9.17, 15) is 4.79 Å². The van der Waals surface area contributed by atoms with Crippen LogP contribution in [0.15, 0.2) is 33.9 Å². The number of aryl methyl sites for hydroxylation is 1. The topological polar surface area (TPSA) is 59.8 Å². The number of nitrogens with one attached hydrogen (secondary N) is 1. The van der Waals surface area contributed by atoms with E-state index in [2.05, 4.69) is 31.4 Å². The van der Waals surface area contributed by atoms with E-state index in [0.29, 0.717) is 5.75 Å². The van der Waals surface area contributed by atoms with Crippen LogP contribution in [0.1, 0.15) is 44.3 Å². The summed E-state index contributed by atoms with van der Waals surface area (Å²) in [5.74, 6) is 2.15. The van der Waals surface area contributed by atoms with Gasteiger partial charge in [-0.3, -0.25) is 4.79 Å². The molecule has 1 aliphatic rings. The van der Waals surface area contributed by atoms with E-state index < -0.39 is 0 Å². The fourth-order valence-electron chi connectivity index (χ4n) is 3.36. The third kappa shape index (κ3) is 5.58. The molecular formula is C19H25BrN4OS. The Morgan fingerprint density at radius 3 is 2.69 bits per heavy atom. The molecule has 1 fully saturated rings. The molecule has 2 aromatic rings. The van der Waals surface area contributed by atoms with Crippen molar-refractivity contribution in [2.75, 3.05) is 11.1 Å². The molecular weight excluding hydrogens is 412 g/mol. The smallest absolute Gasteiger partial charge is 0.234 e. The van der Waals surface area contributed by atoms with Crippen LogP contribution in [0, 0.1) is 5.92 Å². The summed E-state index contributed by atoms with van der Waals surface area (Å²) in [5.41, 5.74) is 0.796. The summed E-state index contributed by atoms with van der Waals surface area (Å²) >= 11 is 4.81. The third-order valence-corrected chi connectivity index (χ3v) is 6.44. The minimum atomic E-state index is -0.0379. The van der Waals surface area contributed by atoms with Crippen molar-refractivity contribution < 1.29 is 4.79 Å². The number of nitrogens with zero attached hydrogens (tertiary/aromatic N) is 3. The van der Waals surface area contributed by atoms with E-state index in [1.807, 2.05) is 35.9 Å². The van der Waals surface area contributed by atoms with Gasteiger partial charge in [-0.25, -0.2) is 0 Å². The monoisotopic (exact) mass is 436 g/mol. The normalized spacial score (nSPS) is 15.2. The van der Waals surface area contributed by atoms with Crippen molar-refractivity contribution in [3.8, 4) is 0 Å². The quantitative estimate of drug-likeness (QED) is 0.631. The summed E-state index contributed by atoms with van der Waals surface area (Å²) in [6.45, 7) is 0. The first-order chi connectivity index (χ1) is 12.6. The Hall–Kier alpha value is -1.34. The largest absolute Gasteiger partial charge is 0.325 e. The Kier molecular flexibility index (Phi) is 7.14. The van der Waals surface area contributed by atoms with E-state index >= 15 is 0 Å². The summed E-state index contributed by atoms with van der Waals surface area (Å²) in [6.07, 6.45) is 9.02. The Morgan fingerprint density at radius 2 is 1.96 bits per heavy atom. The summed E-state index contributed by atoms with van der Waals surface area (Å²) < 4.78 is 3.02. The van der Waals surface area contributed by atoms with E-state index in [1.165, 1.54) is 50.3 Å². The lowest BCUT2D eigenvalue weighted by Gasteiger charge is -2.20. The van der Waals surface area contributed by atoms with Crippen molar-refractivity contribution >= 4 is 39.3 Å². The minimum absolute atomic E-state index is 0.0379. The molecule has 140 valence electrons. The first kappa shape index (κ1) is 19.4. The molecule has 0 unspecified atom stereocenters. The van der Waals surface area contributed by atoms with Gasteiger partial charge in [0.05, 0.1) is 5.75 Å². The van der Waals surface area contributed by atoms with Crippen LogP contribution in [0.25, 0.3) is 0 Å². The molecule has 5 nitrogen and oxygen atoms in total. The highest BCUT2D eigenvalue weighted by atomic mass is 79.9. The van der Waals surface area contributed by atoms with E-state index in [1.54, 1.807) is 0 Å². The summed E-state index contributed by atoms with van der Waals surface area (Å²) in [7, 11) is 1.99. The Bertz CT molecular complexity index is 726. The van der Waals surface area contributed by atoms with Gasteiger partial charge in [0.2, 0.25) is 5.91 Å². The van der Waals surface area contributed by atoms with Gasteiger partial charge < -0.3 is 9.88 Å². The summed E-state index contributed by atoms with van der Waals surface area (Å²) in [6, 6.07) is 7.56. The molecule has 3 rings (SSSR count). The Balaban J connectivity index is 1.46. The molecule has 1 saturated carbocycles. The number of aromatic nitrogens is 3. The zero-order valence-electron chi connectivity index (χ0n) is 15.1. The van der Waals surface area contributed by atoms with Crippen LogP contribution in [0.4, 0.5) is 5.69 Å². The highest BCUT2D eigenvalue weighted by molar-refractivity contribution is 9.10. The van der Waals surface area contributed by atoms with Crippen molar-refractivity contribution in [2.24, 2.45) is 13.0 Å². The highest BCUT2D eigenvalue weighted by Crippen LogP contribution is 2.27. The molecule has 26 heavy (non-hydrogen) atoms. The van der Waals surface area contributed by atoms with Crippen LogP contribution in [-0.4, -0.2) is 26.4 Å². The number of amides is 1. The molecule has 1 aliphatic carbocycles.